The molecule has 0 aliphatic heterocycles. The van der Waals surface area contributed by atoms with Gasteiger partial charge < -0.3 is 10.1 Å². The summed E-state index contributed by atoms with van der Waals surface area (Å²) in [6.45, 7) is 0. The fourth-order valence-corrected chi connectivity index (χ4v) is 5.51. The zero-order valence-electron chi connectivity index (χ0n) is 21.5. The number of para-hydroxylation sites is 1. The molecule has 0 spiro atoms. The molecule has 0 saturated carbocycles. The van der Waals surface area contributed by atoms with E-state index in [2.05, 4.69) is 125 Å². The summed E-state index contributed by atoms with van der Waals surface area (Å²) in [4.78, 5) is 0. The molecule has 4 heteroatoms. The number of hydrogen-bond donors (Lipinski definition) is 1. The topological polar surface area (TPSA) is 39.1 Å². The summed E-state index contributed by atoms with van der Waals surface area (Å²) >= 11 is 0. The third-order valence-electron chi connectivity index (χ3n) is 7.23. The van der Waals surface area contributed by atoms with Crippen LogP contribution in [0.1, 0.15) is 16.7 Å². The Bertz CT molecular complexity index is 1580. The van der Waals surface area contributed by atoms with E-state index in [-0.39, 0.29) is 0 Å². The summed E-state index contributed by atoms with van der Waals surface area (Å²) in [5, 5.41) is 9.67. The highest BCUT2D eigenvalue weighted by Crippen LogP contribution is 2.44. The number of aromatic nitrogens is 2. The SMILES string of the molecule is CNc1nn(C(c2ccccc2)(c2ccccc2)c2ccccc2)c2ccc(-c3ccccc3OC)cc12. The van der Waals surface area contributed by atoms with Crippen molar-refractivity contribution in [2.24, 2.45) is 0 Å². The lowest BCUT2D eigenvalue weighted by Gasteiger charge is -2.37. The number of nitrogens with one attached hydrogen (secondary N) is 1. The third-order valence-corrected chi connectivity index (χ3v) is 7.23. The lowest BCUT2D eigenvalue weighted by molar-refractivity contribution is 0.416. The Morgan fingerprint density at radius 3 is 1.71 bits per heavy atom. The van der Waals surface area contributed by atoms with Crippen molar-refractivity contribution in [3.8, 4) is 16.9 Å². The van der Waals surface area contributed by atoms with Crippen LogP contribution in [-0.2, 0) is 5.54 Å². The van der Waals surface area contributed by atoms with E-state index in [1.54, 1.807) is 7.11 Å². The molecule has 0 fully saturated rings. The quantitative estimate of drug-likeness (QED) is 0.232. The summed E-state index contributed by atoms with van der Waals surface area (Å²) < 4.78 is 7.85. The highest BCUT2D eigenvalue weighted by molar-refractivity contribution is 5.95. The van der Waals surface area contributed by atoms with Crippen molar-refractivity contribution in [2.45, 2.75) is 5.54 Å². The summed E-state index contributed by atoms with van der Waals surface area (Å²) in [6.07, 6.45) is 0. The Balaban J connectivity index is 1.71. The first-order chi connectivity index (χ1) is 18.8. The number of benzene rings is 5. The van der Waals surface area contributed by atoms with Crippen molar-refractivity contribution in [2.75, 3.05) is 19.5 Å². The summed E-state index contributed by atoms with van der Waals surface area (Å²) in [5.41, 5.74) is 5.88. The lowest BCUT2D eigenvalue weighted by Crippen LogP contribution is -2.38. The van der Waals surface area contributed by atoms with Crippen LogP contribution in [0.2, 0.25) is 0 Å². The second-order valence-electron chi connectivity index (χ2n) is 9.25. The molecule has 38 heavy (non-hydrogen) atoms. The van der Waals surface area contributed by atoms with Crippen LogP contribution in [0.4, 0.5) is 5.82 Å². The van der Waals surface area contributed by atoms with E-state index < -0.39 is 5.54 Å². The van der Waals surface area contributed by atoms with Gasteiger partial charge in [-0.3, -0.25) is 0 Å². The van der Waals surface area contributed by atoms with Gasteiger partial charge in [0.25, 0.3) is 0 Å². The first kappa shape index (κ1) is 23.6. The minimum atomic E-state index is -0.691. The zero-order valence-corrected chi connectivity index (χ0v) is 21.5. The normalized spacial score (nSPS) is 11.4. The number of nitrogens with zero attached hydrogens (tertiary/aromatic N) is 2. The molecule has 186 valence electrons. The molecule has 1 heterocycles. The van der Waals surface area contributed by atoms with Gasteiger partial charge in [0.1, 0.15) is 11.3 Å². The molecule has 0 aliphatic rings. The van der Waals surface area contributed by atoms with Crippen LogP contribution in [0.15, 0.2) is 133 Å². The monoisotopic (exact) mass is 495 g/mol. The number of fused-ring (bicyclic) bond motifs is 1. The van der Waals surface area contributed by atoms with Gasteiger partial charge in [0.15, 0.2) is 5.82 Å². The summed E-state index contributed by atoms with van der Waals surface area (Å²) in [7, 11) is 3.64. The van der Waals surface area contributed by atoms with Crippen molar-refractivity contribution < 1.29 is 4.74 Å². The number of ether oxygens (including phenoxy) is 1. The van der Waals surface area contributed by atoms with Gasteiger partial charge in [-0.05, 0) is 40.5 Å². The second-order valence-corrected chi connectivity index (χ2v) is 9.25. The Hall–Kier alpha value is -4.83. The van der Waals surface area contributed by atoms with E-state index in [0.29, 0.717) is 0 Å². The first-order valence-corrected chi connectivity index (χ1v) is 12.8. The maximum atomic E-state index is 5.66. The minimum absolute atomic E-state index is 0.691. The van der Waals surface area contributed by atoms with Crippen LogP contribution in [0.25, 0.3) is 22.0 Å². The molecular formula is C34H29N3O. The first-order valence-electron chi connectivity index (χ1n) is 12.8. The van der Waals surface area contributed by atoms with Crippen LogP contribution >= 0.6 is 0 Å². The van der Waals surface area contributed by atoms with Crippen molar-refractivity contribution in [1.82, 2.24) is 9.78 Å². The van der Waals surface area contributed by atoms with Crippen molar-refractivity contribution in [1.29, 1.82) is 0 Å². The van der Waals surface area contributed by atoms with E-state index in [1.165, 1.54) is 0 Å². The molecule has 4 nitrogen and oxygen atoms in total. The van der Waals surface area contributed by atoms with E-state index >= 15 is 0 Å². The van der Waals surface area contributed by atoms with E-state index in [1.807, 2.05) is 25.2 Å². The van der Waals surface area contributed by atoms with Crippen molar-refractivity contribution in [3.63, 3.8) is 0 Å². The number of anilines is 1. The molecule has 0 atom stereocenters. The average Bonchev–Trinajstić information content (AvgIpc) is 3.37. The van der Waals surface area contributed by atoms with Gasteiger partial charge in [0.05, 0.1) is 12.6 Å². The van der Waals surface area contributed by atoms with Gasteiger partial charge in [-0.15, -0.1) is 0 Å². The average molecular weight is 496 g/mol. The molecule has 1 aromatic heterocycles. The molecule has 0 unspecified atom stereocenters. The van der Waals surface area contributed by atoms with Gasteiger partial charge in [-0.2, -0.15) is 5.10 Å². The maximum absolute atomic E-state index is 5.66. The molecule has 1 N–H and O–H groups in total. The molecule has 6 rings (SSSR count). The van der Waals surface area contributed by atoms with Crippen LogP contribution in [0.3, 0.4) is 0 Å². The van der Waals surface area contributed by atoms with Crippen LogP contribution in [-0.4, -0.2) is 23.9 Å². The molecule has 0 amide bonds. The molecule has 5 aromatic carbocycles. The van der Waals surface area contributed by atoms with Crippen LogP contribution in [0, 0.1) is 0 Å². The van der Waals surface area contributed by atoms with E-state index in [0.717, 1.165) is 50.3 Å². The van der Waals surface area contributed by atoms with E-state index in [4.69, 9.17) is 9.84 Å². The number of hydrogen-bond acceptors (Lipinski definition) is 3. The standard InChI is InChI=1S/C34H29N3O/c1-35-33-30-24-25(29-20-12-13-21-32(29)38-2)22-23-31(30)37(36-33)34(26-14-6-3-7-15-26,27-16-8-4-9-17-27)28-18-10-5-11-19-28/h3-24H,1-2H3,(H,35,36). The third kappa shape index (κ3) is 3.73. The van der Waals surface area contributed by atoms with Crippen molar-refractivity contribution in [3.05, 3.63) is 150 Å². The maximum Gasteiger partial charge on any atom is 0.155 e. The Labute approximate surface area is 223 Å². The zero-order chi connectivity index (χ0) is 26.0. The smallest absolute Gasteiger partial charge is 0.155 e. The lowest BCUT2D eigenvalue weighted by atomic mass is 9.77. The predicted molar refractivity (Wildman–Crippen MR) is 156 cm³/mol. The highest BCUT2D eigenvalue weighted by Gasteiger charge is 2.40. The number of methoxy groups -OCH3 is 1. The Morgan fingerprint density at radius 1 is 0.658 bits per heavy atom. The molecule has 0 saturated heterocycles. The van der Waals surface area contributed by atoms with Gasteiger partial charge in [-0.25, -0.2) is 4.68 Å². The van der Waals surface area contributed by atoms with Crippen LogP contribution < -0.4 is 10.1 Å². The fourth-order valence-electron chi connectivity index (χ4n) is 5.51. The Kier molecular flexibility index (Phi) is 6.14. The molecule has 6 aromatic rings. The minimum Gasteiger partial charge on any atom is -0.496 e. The molecule has 0 aliphatic carbocycles. The van der Waals surface area contributed by atoms with Gasteiger partial charge >= 0.3 is 0 Å². The molecule has 0 bridgehead atoms. The predicted octanol–water partition coefficient (Wildman–Crippen LogP) is 7.59. The fraction of sp³-hybridized carbons (Fsp3) is 0.0882. The second kappa shape index (κ2) is 9.91. The van der Waals surface area contributed by atoms with Crippen LogP contribution in [0.5, 0.6) is 5.75 Å². The summed E-state index contributed by atoms with van der Waals surface area (Å²) in [5.74, 6) is 1.67. The molecular weight excluding hydrogens is 466 g/mol. The van der Waals surface area contributed by atoms with Gasteiger partial charge in [0.2, 0.25) is 0 Å². The van der Waals surface area contributed by atoms with Crippen molar-refractivity contribution >= 4 is 16.7 Å². The Morgan fingerprint density at radius 2 is 1.18 bits per heavy atom. The molecule has 0 radical (unpaired) electrons. The van der Waals surface area contributed by atoms with E-state index in [9.17, 15) is 0 Å². The number of rotatable bonds is 7. The highest BCUT2D eigenvalue weighted by atomic mass is 16.5. The van der Waals surface area contributed by atoms with Gasteiger partial charge in [-0.1, -0.05) is 115 Å². The van der Waals surface area contributed by atoms with Gasteiger partial charge in [0, 0.05) is 18.0 Å². The summed E-state index contributed by atoms with van der Waals surface area (Å²) in [6, 6.07) is 46.6. The largest absolute Gasteiger partial charge is 0.496 e.